The fourth-order valence-electron chi connectivity index (χ4n) is 5.05. The molecule has 210 valence electrons. The number of hydrogen-bond donors (Lipinski definition) is 0. The van der Waals surface area contributed by atoms with Crippen molar-refractivity contribution in [1.29, 1.82) is 0 Å². The maximum atomic E-state index is 14.4. The lowest BCUT2D eigenvalue weighted by Crippen LogP contribution is -2.44. The van der Waals surface area contributed by atoms with Gasteiger partial charge in [-0.15, -0.1) is 10.2 Å². The van der Waals surface area contributed by atoms with Crippen molar-refractivity contribution >= 4 is 24.9 Å². The minimum atomic E-state index is -1.23. The molecule has 1 aromatic carbocycles. The lowest BCUT2D eigenvalue weighted by atomic mass is 9.82. The van der Waals surface area contributed by atoms with Crippen molar-refractivity contribution in [3.05, 3.63) is 53.6 Å². The third-order valence-corrected chi connectivity index (χ3v) is 9.23. The first-order chi connectivity index (χ1) is 19.0. The van der Waals surface area contributed by atoms with E-state index in [-0.39, 0.29) is 17.7 Å². The first-order valence-corrected chi connectivity index (χ1v) is 17.2. The number of anilines is 1. The summed E-state index contributed by atoms with van der Waals surface area (Å²) in [6.07, 6.45) is 1.05. The number of epoxide rings is 1. The van der Waals surface area contributed by atoms with Gasteiger partial charge in [0.2, 0.25) is 5.82 Å². The third-order valence-electron chi connectivity index (χ3n) is 7.52. The second-order valence-electron chi connectivity index (χ2n) is 12.2. The number of rotatable bonds is 9. The van der Waals surface area contributed by atoms with Crippen molar-refractivity contribution in [3.63, 3.8) is 0 Å². The highest BCUT2D eigenvalue weighted by Gasteiger charge is 2.60. The molecular weight excluding hydrogens is 529 g/mol. The maximum Gasteiger partial charge on any atom is 0.204 e. The normalized spacial score (nSPS) is 19.4. The molecule has 0 bridgehead atoms. The van der Waals surface area contributed by atoms with Gasteiger partial charge in [0.05, 0.1) is 25.2 Å². The van der Waals surface area contributed by atoms with Crippen molar-refractivity contribution in [2.75, 3.05) is 25.3 Å². The van der Waals surface area contributed by atoms with Gasteiger partial charge in [0, 0.05) is 20.1 Å². The largest absolute Gasteiger partial charge is 0.497 e. The molecule has 10 nitrogen and oxygen atoms in total. The fraction of sp³-hybridized carbons (Fsp3) is 0.464. The lowest BCUT2D eigenvalue weighted by molar-refractivity contribution is 0.138. The average Bonchev–Trinajstić information content (AvgIpc) is 3.65. The third kappa shape index (κ3) is 4.95. The summed E-state index contributed by atoms with van der Waals surface area (Å²) in [6, 6.07) is 10.2. The van der Waals surface area contributed by atoms with Crippen LogP contribution in [0.5, 0.6) is 5.75 Å². The van der Waals surface area contributed by atoms with E-state index in [2.05, 4.69) is 48.7 Å². The molecule has 1 saturated heterocycles. The van der Waals surface area contributed by atoms with Crippen molar-refractivity contribution < 1.29 is 18.6 Å². The van der Waals surface area contributed by atoms with E-state index in [0.717, 1.165) is 23.1 Å². The summed E-state index contributed by atoms with van der Waals surface area (Å²) in [6.45, 7) is 12.6. The van der Waals surface area contributed by atoms with Gasteiger partial charge >= 0.3 is 0 Å². The molecule has 0 saturated carbocycles. The Morgan fingerprint density at radius 2 is 1.90 bits per heavy atom. The van der Waals surface area contributed by atoms with Crippen molar-refractivity contribution in [1.82, 2.24) is 29.9 Å². The van der Waals surface area contributed by atoms with E-state index < -0.39 is 13.9 Å². The molecule has 40 heavy (non-hydrogen) atoms. The van der Waals surface area contributed by atoms with Gasteiger partial charge in [-0.05, 0) is 29.8 Å². The molecule has 2 atom stereocenters. The summed E-state index contributed by atoms with van der Waals surface area (Å²) in [7, 11) is 0.404. The highest BCUT2D eigenvalue weighted by molar-refractivity contribution is 6.76. The molecule has 2 aliphatic heterocycles. The van der Waals surface area contributed by atoms with Crippen LogP contribution in [-0.2, 0) is 21.4 Å². The molecule has 5 heterocycles. The van der Waals surface area contributed by atoms with Crippen molar-refractivity contribution in [3.8, 4) is 17.3 Å². The molecule has 0 spiro atoms. The fourth-order valence-corrected chi connectivity index (χ4v) is 5.80. The van der Waals surface area contributed by atoms with E-state index in [4.69, 9.17) is 24.3 Å². The smallest absolute Gasteiger partial charge is 0.204 e. The summed E-state index contributed by atoms with van der Waals surface area (Å²) in [5, 5.41) is 14.4. The van der Waals surface area contributed by atoms with E-state index >= 15 is 0 Å². The zero-order chi connectivity index (χ0) is 28.2. The minimum absolute atomic E-state index is 0.00891. The predicted molar refractivity (Wildman–Crippen MR) is 152 cm³/mol. The Hall–Kier alpha value is -3.48. The van der Waals surface area contributed by atoms with Crippen LogP contribution in [0, 0.1) is 5.82 Å². The number of pyridine rings is 1. The van der Waals surface area contributed by atoms with E-state index in [9.17, 15) is 4.39 Å². The number of hydrogen-bond acceptors (Lipinski definition) is 9. The number of aromatic nitrogens is 6. The topological polar surface area (TPSA) is 104 Å². The number of ether oxygens (including phenoxy) is 3. The van der Waals surface area contributed by atoms with Crippen molar-refractivity contribution in [2.45, 2.75) is 63.8 Å². The second kappa shape index (κ2) is 9.86. The Labute approximate surface area is 233 Å². The lowest BCUT2D eigenvalue weighted by Gasteiger charge is -2.33. The Balaban J connectivity index is 1.37. The molecule has 6 rings (SSSR count). The Morgan fingerprint density at radius 1 is 1.12 bits per heavy atom. The first kappa shape index (κ1) is 26.7. The van der Waals surface area contributed by atoms with E-state index in [1.165, 1.54) is 12.3 Å². The van der Waals surface area contributed by atoms with Crippen LogP contribution in [0.1, 0.15) is 25.1 Å². The number of methoxy groups -OCH3 is 1. The highest BCUT2D eigenvalue weighted by Crippen LogP contribution is 2.50. The molecule has 3 aromatic heterocycles. The van der Waals surface area contributed by atoms with Crippen LogP contribution in [-0.4, -0.2) is 70.8 Å². The monoisotopic (exact) mass is 563 g/mol. The molecule has 0 N–H and O–H groups in total. The number of nitrogens with zero attached hydrogens (tertiary/aromatic N) is 7. The molecule has 12 heteroatoms. The van der Waals surface area contributed by atoms with Crippen LogP contribution in [0.15, 0.2) is 36.5 Å². The van der Waals surface area contributed by atoms with Crippen molar-refractivity contribution in [2.24, 2.45) is 0 Å². The van der Waals surface area contributed by atoms with Gasteiger partial charge in [0.15, 0.2) is 17.7 Å². The highest BCUT2D eigenvalue weighted by atomic mass is 28.3. The van der Waals surface area contributed by atoms with Crippen LogP contribution >= 0.6 is 0 Å². The molecule has 2 unspecified atom stereocenters. The molecule has 0 radical (unpaired) electrons. The van der Waals surface area contributed by atoms with Crippen LogP contribution in [0.3, 0.4) is 0 Å². The zero-order valence-corrected chi connectivity index (χ0v) is 24.7. The van der Waals surface area contributed by atoms with E-state index in [1.807, 2.05) is 29.2 Å². The van der Waals surface area contributed by atoms with Gasteiger partial charge < -0.3 is 19.1 Å². The van der Waals surface area contributed by atoms with E-state index in [1.54, 1.807) is 11.8 Å². The Bertz CT molecular complexity index is 1550. The quantitative estimate of drug-likeness (QED) is 0.164. The van der Waals surface area contributed by atoms with Crippen LogP contribution in [0.25, 0.3) is 22.6 Å². The first-order valence-electron chi connectivity index (χ1n) is 13.5. The Kier molecular flexibility index (Phi) is 6.59. The van der Waals surface area contributed by atoms with Gasteiger partial charge in [-0.1, -0.05) is 45.6 Å². The van der Waals surface area contributed by atoms with Gasteiger partial charge in [-0.3, -0.25) is 0 Å². The van der Waals surface area contributed by atoms with Gasteiger partial charge in [0.25, 0.3) is 0 Å². The van der Waals surface area contributed by atoms with Gasteiger partial charge in [-0.25, -0.2) is 19.0 Å². The molecular formula is C28H34FN7O3Si. The minimum Gasteiger partial charge on any atom is -0.497 e. The zero-order valence-electron chi connectivity index (χ0n) is 23.7. The standard InChI is InChI=1S/C28H34FN7O3Si/c1-28(2)22-26(35(27-23(28)39-27)16-38-11-12-40(4,5)6)31-24(33-32-22)21-20-13-18(29)14-30-25(20)36(34-21)15-17-7-9-19(37-3)10-8-17/h7-10,13-14,23,27H,11-12,15-16H2,1-6H3. The van der Waals surface area contributed by atoms with Gasteiger partial charge in [0.1, 0.15) is 35.8 Å². The van der Waals surface area contributed by atoms with Gasteiger partial charge in [-0.2, -0.15) is 5.10 Å². The number of fused-ring (bicyclic) bond motifs is 3. The molecule has 0 amide bonds. The molecule has 0 aliphatic carbocycles. The number of halogens is 1. The average molecular weight is 564 g/mol. The second-order valence-corrected chi connectivity index (χ2v) is 17.8. The van der Waals surface area contributed by atoms with E-state index in [0.29, 0.717) is 48.3 Å². The maximum absolute atomic E-state index is 14.4. The SMILES string of the molecule is COc1ccc(Cn2nc(-c3nnc4c(n3)N(COCC[Si](C)(C)C)C3OC3C4(C)C)c3cc(F)cnc32)cc1. The van der Waals surface area contributed by atoms with Crippen LogP contribution in [0.4, 0.5) is 10.2 Å². The molecule has 1 fully saturated rings. The van der Waals surface area contributed by atoms with Crippen LogP contribution in [0.2, 0.25) is 25.7 Å². The molecule has 4 aromatic rings. The summed E-state index contributed by atoms with van der Waals surface area (Å²) >= 11 is 0. The summed E-state index contributed by atoms with van der Waals surface area (Å²) in [4.78, 5) is 11.3. The molecule has 2 aliphatic rings. The number of benzene rings is 1. The summed E-state index contributed by atoms with van der Waals surface area (Å²) in [5.41, 5.74) is 2.33. The predicted octanol–water partition coefficient (Wildman–Crippen LogP) is 4.61. The van der Waals surface area contributed by atoms with Crippen LogP contribution < -0.4 is 9.64 Å². The Morgan fingerprint density at radius 3 is 2.62 bits per heavy atom. The summed E-state index contributed by atoms with van der Waals surface area (Å²) in [5.74, 6) is 1.26. The summed E-state index contributed by atoms with van der Waals surface area (Å²) < 4.78 is 33.6.